The quantitative estimate of drug-likeness (QED) is 0.634. The first kappa shape index (κ1) is 12.6. The van der Waals surface area contributed by atoms with Gasteiger partial charge in [-0.15, -0.1) is 0 Å². The molecule has 0 N–H and O–H groups in total. The maximum atomic E-state index is 14.4. The number of hydrogen-bond donors (Lipinski definition) is 0. The first-order valence-electron chi connectivity index (χ1n) is 6.19. The van der Waals surface area contributed by atoms with Gasteiger partial charge in [-0.1, -0.05) is 43.0 Å². The Morgan fingerprint density at radius 3 is 2.50 bits per heavy atom. The zero-order valence-corrected chi connectivity index (χ0v) is 10.6. The van der Waals surface area contributed by atoms with Crippen molar-refractivity contribution in [2.45, 2.75) is 5.92 Å². The van der Waals surface area contributed by atoms with Gasteiger partial charge in [0.2, 0.25) is 0 Å². The van der Waals surface area contributed by atoms with Crippen LogP contribution in [-0.2, 0) is 5.92 Å². The van der Waals surface area contributed by atoms with Crippen molar-refractivity contribution in [3.63, 3.8) is 0 Å². The van der Waals surface area contributed by atoms with Crippen molar-refractivity contribution in [2.75, 3.05) is 0 Å². The van der Waals surface area contributed by atoms with Crippen LogP contribution in [0.5, 0.6) is 0 Å². The highest BCUT2D eigenvalue weighted by Gasteiger charge is 2.35. The number of fused-ring (bicyclic) bond motifs is 1. The molecule has 1 aromatic heterocycles. The van der Waals surface area contributed by atoms with Crippen LogP contribution in [0, 0.1) is 0 Å². The van der Waals surface area contributed by atoms with Crippen LogP contribution in [0.3, 0.4) is 0 Å². The van der Waals surface area contributed by atoms with Gasteiger partial charge in [0, 0.05) is 16.5 Å². The molecule has 0 unspecified atom stereocenters. The summed E-state index contributed by atoms with van der Waals surface area (Å²) in [5.74, 6) is -3.10. The molecule has 0 bridgehead atoms. The third-order valence-electron chi connectivity index (χ3n) is 3.32. The van der Waals surface area contributed by atoms with Gasteiger partial charge in [0.1, 0.15) is 5.58 Å². The van der Waals surface area contributed by atoms with Crippen LogP contribution >= 0.6 is 0 Å². The van der Waals surface area contributed by atoms with Crippen molar-refractivity contribution in [3.05, 3.63) is 78.6 Å². The van der Waals surface area contributed by atoms with Gasteiger partial charge in [-0.25, -0.2) is 0 Å². The molecule has 0 aliphatic heterocycles. The van der Waals surface area contributed by atoms with Crippen LogP contribution in [0.25, 0.3) is 16.5 Å². The van der Waals surface area contributed by atoms with E-state index >= 15 is 0 Å². The number of hydrogen-bond acceptors (Lipinski definition) is 1. The van der Waals surface area contributed by atoms with E-state index in [1.807, 2.05) is 0 Å². The molecule has 0 amide bonds. The fourth-order valence-corrected chi connectivity index (χ4v) is 2.16. The van der Waals surface area contributed by atoms with E-state index in [2.05, 4.69) is 6.58 Å². The molecule has 0 spiro atoms. The smallest absolute Gasteiger partial charge is 0.298 e. The molecule has 3 rings (SSSR count). The first-order valence-corrected chi connectivity index (χ1v) is 6.19. The summed E-state index contributed by atoms with van der Waals surface area (Å²) in [6.07, 6.45) is 1.53. The third kappa shape index (κ3) is 2.01. The second-order valence-electron chi connectivity index (χ2n) is 4.59. The third-order valence-corrected chi connectivity index (χ3v) is 3.32. The molecule has 0 aliphatic carbocycles. The average Bonchev–Trinajstić information content (AvgIpc) is 2.94. The van der Waals surface area contributed by atoms with Crippen molar-refractivity contribution in [3.8, 4) is 0 Å². The largest absolute Gasteiger partial charge is 0.464 e. The van der Waals surface area contributed by atoms with Gasteiger partial charge in [0.25, 0.3) is 5.92 Å². The number of rotatable bonds is 3. The number of benzene rings is 2. The topological polar surface area (TPSA) is 13.1 Å². The maximum absolute atomic E-state index is 14.4. The van der Waals surface area contributed by atoms with Crippen LogP contribution < -0.4 is 0 Å². The number of alkyl halides is 2. The van der Waals surface area contributed by atoms with E-state index in [-0.39, 0.29) is 11.1 Å². The zero-order chi connectivity index (χ0) is 14.2. The van der Waals surface area contributed by atoms with Gasteiger partial charge in [-0.2, -0.15) is 8.78 Å². The fourth-order valence-electron chi connectivity index (χ4n) is 2.16. The van der Waals surface area contributed by atoms with Crippen molar-refractivity contribution in [1.29, 1.82) is 0 Å². The Bertz CT molecular complexity index is 757. The molecule has 0 saturated heterocycles. The molecule has 0 fully saturated rings. The molecule has 0 aliphatic rings. The SMILES string of the molecule is C=C(c1ccc2occc2c1)C(F)(F)c1ccccc1. The summed E-state index contributed by atoms with van der Waals surface area (Å²) >= 11 is 0. The Hall–Kier alpha value is -2.42. The van der Waals surface area contributed by atoms with Crippen LogP contribution in [0.4, 0.5) is 8.78 Å². The lowest BCUT2D eigenvalue weighted by Gasteiger charge is -2.19. The van der Waals surface area contributed by atoms with E-state index < -0.39 is 5.92 Å². The van der Waals surface area contributed by atoms with Crippen LogP contribution in [0.15, 0.2) is 71.9 Å². The molecule has 100 valence electrons. The summed E-state index contributed by atoms with van der Waals surface area (Å²) in [4.78, 5) is 0. The van der Waals surface area contributed by atoms with E-state index in [0.717, 1.165) is 5.39 Å². The molecule has 1 nitrogen and oxygen atoms in total. The summed E-state index contributed by atoms with van der Waals surface area (Å²) in [5, 5.41) is 0.785. The molecule has 20 heavy (non-hydrogen) atoms. The van der Waals surface area contributed by atoms with Gasteiger partial charge in [-0.05, 0) is 23.8 Å². The van der Waals surface area contributed by atoms with Crippen molar-refractivity contribution >= 4 is 16.5 Å². The number of furan rings is 1. The molecule has 3 heteroatoms. The van der Waals surface area contributed by atoms with E-state index in [0.29, 0.717) is 11.1 Å². The highest BCUT2D eigenvalue weighted by molar-refractivity contribution is 5.83. The number of halogens is 2. The van der Waals surface area contributed by atoms with Gasteiger partial charge in [0.05, 0.1) is 6.26 Å². The molecule has 1 heterocycles. The highest BCUT2D eigenvalue weighted by Crippen LogP contribution is 2.40. The van der Waals surface area contributed by atoms with Gasteiger partial charge < -0.3 is 4.42 Å². The summed E-state index contributed by atoms with van der Waals surface area (Å²) in [6, 6.07) is 14.4. The van der Waals surface area contributed by atoms with Gasteiger partial charge in [-0.3, -0.25) is 0 Å². The summed E-state index contributed by atoms with van der Waals surface area (Å²) in [5.41, 5.74) is 0.807. The van der Waals surface area contributed by atoms with E-state index in [1.165, 1.54) is 18.4 Å². The molecule has 0 atom stereocenters. The van der Waals surface area contributed by atoms with Crippen LogP contribution in [0.1, 0.15) is 11.1 Å². The zero-order valence-electron chi connectivity index (χ0n) is 10.6. The minimum atomic E-state index is -3.10. The van der Waals surface area contributed by atoms with E-state index in [9.17, 15) is 8.78 Å². The van der Waals surface area contributed by atoms with E-state index in [1.54, 1.807) is 42.5 Å². The summed E-state index contributed by atoms with van der Waals surface area (Å²) < 4.78 is 34.1. The summed E-state index contributed by atoms with van der Waals surface area (Å²) in [6.45, 7) is 3.58. The Labute approximate surface area is 115 Å². The van der Waals surface area contributed by atoms with Crippen molar-refractivity contribution < 1.29 is 13.2 Å². The second kappa shape index (κ2) is 4.60. The van der Waals surface area contributed by atoms with Crippen LogP contribution in [0.2, 0.25) is 0 Å². The molecule has 2 aromatic carbocycles. The summed E-state index contributed by atoms with van der Waals surface area (Å²) in [7, 11) is 0. The molecule has 0 saturated carbocycles. The first-order chi connectivity index (χ1) is 9.59. The predicted molar refractivity (Wildman–Crippen MR) is 75.6 cm³/mol. The number of allylic oxidation sites excluding steroid dienone is 1. The van der Waals surface area contributed by atoms with Crippen LogP contribution in [-0.4, -0.2) is 0 Å². The molecule has 3 aromatic rings. The van der Waals surface area contributed by atoms with Gasteiger partial charge >= 0.3 is 0 Å². The second-order valence-corrected chi connectivity index (χ2v) is 4.59. The molecular formula is C17H12F2O. The minimum Gasteiger partial charge on any atom is -0.464 e. The lowest BCUT2D eigenvalue weighted by atomic mass is 9.95. The van der Waals surface area contributed by atoms with Crippen molar-refractivity contribution in [2.24, 2.45) is 0 Å². The Morgan fingerprint density at radius 1 is 1.00 bits per heavy atom. The monoisotopic (exact) mass is 270 g/mol. The standard InChI is InChI=1S/C17H12F2O/c1-12(17(18,19)15-5-3-2-4-6-15)13-7-8-16-14(11-13)9-10-20-16/h2-11H,1H2. The fraction of sp³-hybridized carbons (Fsp3) is 0.0588. The average molecular weight is 270 g/mol. The van der Waals surface area contributed by atoms with E-state index in [4.69, 9.17) is 4.42 Å². The van der Waals surface area contributed by atoms with Crippen molar-refractivity contribution in [1.82, 2.24) is 0 Å². The Kier molecular flexibility index (Phi) is 2.90. The molecule has 0 radical (unpaired) electrons. The Balaban J connectivity index is 2.02. The van der Waals surface area contributed by atoms with Gasteiger partial charge in [0.15, 0.2) is 0 Å². The maximum Gasteiger partial charge on any atom is 0.298 e. The minimum absolute atomic E-state index is 0.0581. The lowest BCUT2D eigenvalue weighted by Crippen LogP contribution is -2.15. The highest BCUT2D eigenvalue weighted by atomic mass is 19.3. The normalized spacial score (nSPS) is 11.7. The Morgan fingerprint density at radius 2 is 1.75 bits per heavy atom. The molecular weight excluding hydrogens is 258 g/mol. The lowest BCUT2D eigenvalue weighted by molar-refractivity contribution is 0.0647. The predicted octanol–water partition coefficient (Wildman–Crippen LogP) is 5.24.